The Bertz CT molecular complexity index is 427. The van der Waals surface area contributed by atoms with Gasteiger partial charge < -0.3 is 17.2 Å². The molecule has 1 rings (SSSR count). The van der Waals surface area contributed by atoms with Gasteiger partial charge in [0.2, 0.25) is 0 Å². The highest BCUT2D eigenvalue weighted by Crippen LogP contribution is 2.16. The molecule has 0 aliphatic carbocycles. The van der Waals surface area contributed by atoms with Crippen molar-refractivity contribution in [3.05, 3.63) is 52.9 Å². The van der Waals surface area contributed by atoms with E-state index in [4.69, 9.17) is 17.2 Å². The zero-order valence-corrected chi connectivity index (χ0v) is 9.83. The van der Waals surface area contributed by atoms with E-state index < -0.39 is 0 Å². The first-order valence-corrected chi connectivity index (χ1v) is 5.33. The van der Waals surface area contributed by atoms with Crippen molar-refractivity contribution in [2.75, 3.05) is 0 Å². The van der Waals surface area contributed by atoms with E-state index in [2.05, 4.69) is 26.0 Å². The molecule has 0 atom stereocenters. The van der Waals surface area contributed by atoms with E-state index in [1.165, 1.54) is 11.1 Å². The molecule has 0 aliphatic heterocycles. The second-order valence-electron chi connectivity index (χ2n) is 3.78. The summed E-state index contributed by atoms with van der Waals surface area (Å²) in [7, 11) is 0. The summed E-state index contributed by atoms with van der Waals surface area (Å²) in [6, 6.07) is 6.17. The fraction of sp³-hybridized carbons (Fsp3) is 0.231. The fourth-order valence-corrected chi connectivity index (χ4v) is 1.51. The van der Waals surface area contributed by atoms with E-state index in [-0.39, 0.29) is 5.82 Å². The van der Waals surface area contributed by atoms with Crippen LogP contribution in [0.2, 0.25) is 0 Å². The van der Waals surface area contributed by atoms with Gasteiger partial charge in [0, 0.05) is 5.70 Å². The zero-order chi connectivity index (χ0) is 12.1. The Morgan fingerprint density at radius 2 is 1.88 bits per heavy atom. The molecule has 1 aromatic rings. The van der Waals surface area contributed by atoms with Crippen LogP contribution in [0, 0.1) is 6.92 Å². The van der Waals surface area contributed by atoms with Crippen molar-refractivity contribution in [1.82, 2.24) is 0 Å². The second-order valence-corrected chi connectivity index (χ2v) is 3.78. The lowest BCUT2D eigenvalue weighted by Crippen LogP contribution is -2.07. The Morgan fingerprint density at radius 3 is 2.44 bits per heavy atom. The van der Waals surface area contributed by atoms with Crippen molar-refractivity contribution in [3.8, 4) is 0 Å². The Labute approximate surface area is 96.6 Å². The minimum absolute atomic E-state index is 0.255. The highest BCUT2D eigenvalue weighted by Gasteiger charge is 2.00. The summed E-state index contributed by atoms with van der Waals surface area (Å²) in [6.45, 7) is 4.23. The molecule has 1 aromatic carbocycles. The van der Waals surface area contributed by atoms with Crippen molar-refractivity contribution in [3.63, 3.8) is 0 Å². The Kier molecular flexibility index (Phi) is 4.00. The lowest BCUT2D eigenvalue weighted by atomic mass is 10.0. The van der Waals surface area contributed by atoms with Gasteiger partial charge in [0.05, 0.1) is 5.82 Å². The summed E-state index contributed by atoms with van der Waals surface area (Å²) in [5, 5.41) is 0. The van der Waals surface area contributed by atoms with E-state index in [1.807, 2.05) is 6.07 Å². The molecule has 16 heavy (non-hydrogen) atoms. The van der Waals surface area contributed by atoms with Gasteiger partial charge in [-0.25, -0.2) is 0 Å². The van der Waals surface area contributed by atoms with E-state index in [1.54, 1.807) is 12.2 Å². The van der Waals surface area contributed by atoms with E-state index >= 15 is 0 Å². The SMILES string of the molecule is CCc1cc(/C(N)=C/C=C(N)N)ccc1C. The van der Waals surface area contributed by atoms with Crippen LogP contribution in [0.15, 0.2) is 36.2 Å². The summed E-state index contributed by atoms with van der Waals surface area (Å²) < 4.78 is 0. The van der Waals surface area contributed by atoms with E-state index in [9.17, 15) is 0 Å². The van der Waals surface area contributed by atoms with Gasteiger partial charge in [-0.15, -0.1) is 0 Å². The van der Waals surface area contributed by atoms with Crippen molar-refractivity contribution in [1.29, 1.82) is 0 Å². The Hall–Kier alpha value is -1.90. The van der Waals surface area contributed by atoms with Crippen molar-refractivity contribution < 1.29 is 0 Å². The first-order valence-electron chi connectivity index (χ1n) is 5.33. The minimum Gasteiger partial charge on any atom is -0.398 e. The molecule has 0 saturated heterocycles. The molecule has 0 amide bonds. The van der Waals surface area contributed by atoms with E-state index in [0.717, 1.165) is 12.0 Å². The van der Waals surface area contributed by atoms with Crippen molar-refractivity contribution >= 4 is 5.70 Å². The predicted octanol–water partition coefficient (Wildman–Crippen LogP) is 1.62. The molecule has 6 N–H and O–H groups in total. The summed E-state index contributed by atoms with van der Waals surface area (Å²) in [5.41, 5.74) is 20.9. The highest BCUT2D eigenvalue weighted by atomic mass is 14.8. The van der Waals surface area contributed by atoms with Gasteiger partial charge in [-0.3, -0.25) is 0 Å². The molecule has 0 spiro atoms. The molecule has 0 aliphatic rings. The zero-order valence-electron chi connectivity index (χ0n) is 9.83. The number of aryl methyl sites for hydroxylation is 2. The van der Waals surface area contributed by atoms with Gasteiger partial charge in [-0.2, -0.15) is 0 Å². The van der Waals surface area contributed by atoms with Crippen LogP contribution in [0.25, 0.3) is 5.70 Å². The molecular formula is C13H19N3. The van der Waals surface area contributed by atoms with Gasteiger partial charge >= 0.3 is 0 Å². The second kappa shape index (κ2) is 5.26. The van der Waals surface area contributed by atoms with Crippen LogP contribution in [0.1, 0.15) is 23.6 Å². The molecule has 0 bridgehead atoms. The van der Waals surface area contributed by atoms with Crippen LogP contribution in [0.5, 0.6) is 0 Å². The van der Waals surface area contributed by atoms with Crippen LogP contribution in [-0.2, 0) is 6.42 Å². The molecule has 0 saturated carbocycles. The van der Waals surface area contributed by atoms with Crippen LogP contribution in [-0.4, -0.2) is 0 Å². The van der Waals surface area contributed by atoms with Crippen LogP contribution < -0.4 is 17.2 Å². The summed E-state index contributed by atoms with van der Waals surface area (Å²) in [4.78, 5) is 0. The first kappa shape index (κ1) is 12.2. The quantitative estimate of drug-likeness (QED) is 0.673. The molecule has 0 unspecified atom stereocenters. The number of nitrogens with two attached hydrogens (primary N) is 3. The molecular weight excluding hydrogens is 198 g/mol. The molecule has 0 radical (unpaired) electrons. The van der Waals surface area contributed by atoms with Gasteiger partial charge in [-0.1, -0.05) is 19.1 Å². The van der Waals surface area contributed by atoms with Gasteiger partial charge in [0.1, 0.15) is 0 Å². The third kappa shape index (κ3) is 3.05. The lowest BCUT2D eigenvalue weighted by Gasteiger charge is -2.07. The summed E-state index contributed by atoms with van der Waals surface area (Å²) in [6.07, 6.45) is 4.32. The highest BCUT2D eigenvalue weighted by molar-refractivity contribution is 5.65. The number of hydrogen-bond donors (Lipinski definition) is 3. The maximum Gasteiger partial charge on any atom is 0.0934 e. The van der Waals surface area contributed by atoms with Gasteiger partial charge in [-0.05, 0) is 48.3 Å². The van der Waals surface area contributed by atoms with Crippen molar-refractivity contribution in [2.24, 2.45) is 17.2 Å². The number of benzene rings is 1. The predicted molar refractivity (Wildman–Crippen MR) is 69.2 cm³/mol. The number of allylic oxidation sites excluding steroid dienone is 2. The normalized spacial score (nSPS) is 11.2. The van der Waals surface area contributed by atoms with Gasteiger partial charge in [0.25, 0.3) is 0 Å². The Morgan fingerprint density at radius 1 is 1.19 bits per heavy atom. The maximum absolute atomic E-state index is 5.92. The fourth-order valence-electron chi connectivity index (χ4n) is 1.51. The number of hydrogen-bond acceptors (Lipinski definition) is 3. The lowest BCUT2D eigenvalue weighted by molar-refractivity contribution is 1.11. The molecule has 3 heteroatoms. The largest absolute Gasteiger partial charge is 0.398 e. The molecule has 0 aromatic heterocycles. The van der Waals surface area contributed by atoms with Crippen molar-refractivity contribution in [2.45, 2.75) is 20.3 Å². The Balaban J connectivity index is 3.05. The average Bonchev–Trinajstić information content (AvgIpc) is 2.26. The minimum atomic E-state index is 0.255. The molecule has 0 heterocycles. The van der Waals surface area contributed by atoms with Crippen LogP contribution in [0.4, 0.5) is 0 Å². The molecule has 3 nitrogen and oxygen atoms in total. The summed E-state index contributed by atoms with van der Waals surface area (Å²) >= 11 is 0. The first-order chi connectivity index (χ1) is 7.54. The third-order valence-electron chi connectivity index (χ3n) is 2.52. The van der Waals surface area contributed by atoms with Crippen LogP contribution in [0.3, 0.4) is 0 Å². The standard InChI is InChI=1S/C13H19N3/c1-3-10-8-11(5-4-9(10)2)12(14)6-7-13(15)16/h4-8H,3,14-16H2,1-2H3/b12-6-. The molecule has 86 valence electrons. The van der Waals surface area contributed by atoms with Crippen LogP contribution >= 0.6 is 0 Å². The number of rotatable bonds is 3. The maximum atomic E-state index is 5.92. The monoisotopic (exact) mass is 217 g/mol. The molecule has 0 fully saturated rings. The van der Waals surface area contributed by atoms with E-state index in [0.29, 0.717) is 5.70 Å². The smallest absolute Gasteiger partial charge is 0.0934 e. The topological polar surface area (TPSA) is 78.1 Å². The third-order valence-corrected chi connectivity index (χ3v) is 2.52. The van der Waals surface area contributed by atoms with Gasteiger partial charge in [0.15, 0.2) is 0 Å². The summed E-state index contributed by atoms with van der Waals surface area (Å²) in [5.74, 6) is 0.255. The average molecular weight is 217 g/mol.